The zero-order valence-electron chi connectivity index (χ0n) is 13.7. The van der Waals surface area contributed by atoms with E-state index < -0.39 is 0 Å². The van der Waals surface area contributed by atoms with Gasteiger partial charge in [0.1, 0.15) is 11.4 Å². The van der Waals surface area contributed by atoms with Crippen LogP contribution >= 0.6 is 11.6 Å². The van der Waals surface area contributed by atoms with Gasteiger partial charge in [-0.3, -0.25) is 14.2 Å². The van der Waals surface area contributed by atoms with Gasteiger partial charge in [0.05, 0.1) is 34.5 Å². The van der Waals surface area contributed by atoms with Gasteiger partial charge in [0.25, 0.3) is 5.91 Å². The molecule has 0 saturated heterocycles. The van der Waals surface area contributed by atoms with E-state index in [1.807, 2.05) is 20.0 Å². The highest BCUT2D eigenvalue weighted by atomic mass is 35.5. The Balaban J connectivity index is 1.81. The molecule has 3 aromatic rings. The Morgan fingerprint density at radius 1 is 1.12 bits per heavy atom. The Bertz CT molecular complexity index is 911. The second-order valence-electron chi connectivity index (χ2n) is 5.41. The van der Waals surface area contributed by atoms with Crippen molar-refractivity contribution in [3.8, 4) is 11.4 Å². The Labute approximate surface area is 143 Å². The van der Waals surface area contributed by atoms with Crippen LogP contribution in [0.3, 0.4) is 0 Å². The summed E-state index contributed by atoms with van der Waals surface area (Å²) in [4.78, 5) is 20.9. The minimum absolute atomic E-state index is 0.280. The number of rotatable bonds is 3. The molecule has 0 aliphatic rings. The number of nitrogens with zero attached hydrogens (tertiary/aromatic N) is 6. The number of aryl methyl sites for hydroxylation is 4. The fourth-order valence-electron chi connectivity index (χ4n) is 2.43. The number of nitrogens with one attached hydrogen (secondary N) is 1. The minimum Gasteiger partial charge on any atom is -0.304 e. The Morgan fingerprint density at radius 2 is 1.88 bits per heavy atom. The molecule has 0 unspecified atom stereocenters. The molecule has 0 fully saturated rings. The minimum atomic E-state index is -0.387. The van der Waals surface area contributed by atoms with E-state index in [1.165, 1.54) is 10.9 Å². The lowest BCUT2D eigenvalue weighted by Crippen LogP contribution is -2.17. The highest BCUT2D eigenvalue weighted by molar-refractivity contribution is 6.34. The quantitative estimate of drug-likeness (QED) is 0.785. The van der Waals surface area contributed by atoms with E-state index in [4.69, 9.17) is 11.6 Å². The molecule has 24 heavy (non-hydrogen) atoms. The van der Waals surface area contributed by atoms with Crippen molar-refractivity contribution in [2.75, 3.05) is 5.32 Å². The predicted molar refractivity (Wildman–Crippen MR) is 89.9 cm³/mol. The lowest BCUT2D eigenvalue weighted by molar-refractivity contribution is 0.101. The number of hydrogen-bond acceptors (Lipinski definition) is 5. The molecule has 124 valence electrons. The third-order valence-electron chi connectivity index (χ3n) is 3.52. The van der Waals surface area contributed by atoms with E-state index in [2.05, 4.69) is 25.5 Å². The maximum atomic E-state index is 12.3. The molecule has 8 nitrogen and oxygen atoms in total. The van der Waals surface area contributed by atoms with Crippen LogP contribution in [-0.4, -0.2) is 35.4 Å². The molecule has 0 spiro atoms. The van der Waals surface area contributed by atoms with Gasteiger partial charge >= 0.3 is 0 Å². The molecule has 0 aromatic carbocycles. The highest BCUT2D eigenvalue weighted by Crippen LogP contribution is 2.21. The molecule has 0 aliphatic heterocycles. The van der Waals surface area contributed by atoms with Gasteiger partial charge < -0.3 is 5.32 Å². The third-order valence-corrected chi connectivity index (χ3v) is 3.97. The first kappa shape index (κ1) is 16.1. The summed E-state index contributed by atoms with van der Waals surface area (Å²) in [6.07, 6.45) is 3.08. The number of halogens is 1. The normalized spacial score (nSPS) is 10.9. The van der Waals surface area contributed by atoms with E-state index >= 15 is 0 Å². The fourth-order valence-corrected chi connectivity index (χ4v) is 2.68. The molecule has 0 saturated carbocycles. The van der Waals surface area contributed by atoms with Crippen LogP contribution in [-0.2, 0) is 14.1 Å². The smallest absolute Gasteiger partial charge is 0.276 e. The monoisotopic (exact) mass is 345 g/mol. The number of amides is 1. The molecular weight excluding hydrogens is 330 g/mol. The van der Waals surface area contributed by atoms with Crippen molar-refractivity contribution in [1.82, 2.24) is 29.5 Å². The Morgan fingerprint density at radius 3 is 2.38 bits per heavy atom. The molecule has 3 heterocycles. The molecule has 0 radical (unpaired) electrons. The van der Waals surface area contributed by atoms with Gasteiger partial charge in [-0.25, -0.2) is 9.97 Å². The molecule has 3 aromatic heterocycles. The van der Waals surface area contributed by atoms with Crippen molar-refractivity contribution in [3.05, 3.63) is 40.6 Å². The topological polar surface area (TPSA) is 90.5 Å². The summed E-state index contributed by atoms with van der Waals surface area (Å²) in [6, 6.07) is 1.92. The maximum Gasteiger partial charge on any atom is 0.276 e. The Hall–Kier alpha value is -2.74. The lowest BCUT2D eigenvalue weighted by atomic mass is 10.3. The second-order valence-corrected chi connectivity index (χ2v) is 5.79. The highest BCUT2D eigenvalue weighted by Gasteiger charge is 2.19. The van der Waals surface area contributed by atoms with E-state index in [9.17, 15) is 4.79 Å². The van der Waals surface area contributed by atoms with Crippen LogP contribution in [0.1, 0.15) is 21.9 Å². The van der Waals surface area contributed by atoms with Gasteiger partial charge in [0.15, 0.2) is 5.82 Å². The summed E-state index contributed by atoms with van der Waals surface area (Å²) in [6.45, 7) is 3.65. The van der Waals surface area contributed by atoms with Crippen molar-refractivity contribution in [3.63, 3.8) is 0 Å². The van der Waals surface area contributed by atoms with Crippen LogP contribution in [0.25, 0.3) is 11.4 Å². The molecule has 0 bridgehead atoms. The fraction of sp³-hybridized carbons (Fsp3) is 0.267. The lowest BCUT2D eigenvalue weighted by Gasteiger charge is -2.06. The molecule has 0 aliphatic carbocycles. The van der Waals surface area contributed by atoms with Gasteiger partial charge in [0, 0.05) is 14.1 Å². The first-order chi connectivity index (χ1) is 11.4. The molecule has 9 heteroatoms. The van der Waals surface area contributed by atoms with Gasteiger partial charge in [-0.1, -0.05) is 11.6 Å². The van der Waals surface area contributed by atoms with Crippen molar-refractivity contribution in [1.29, 1.82) is 0 Å². The maximum absolute atomic E-state index is 12.3. The zero-order chi connectivity index (χ0) is 17.4. The third kappa shape index (κ3) is 2.88. The van der Waals surface area contributed by atoms with Gasteiger partial charge in [-0.15, -0.1) is 0 Å². The number of aromatic nitrogens is 6. The van der Waals surface area contributed by atoms with Crippen LogP contribution in [0.15, 0.2) is 18.5 Å². The average molecular weight is 346 g/mol. The van der Waals surface area contributed by atoms with Crippen molar-refractivity contribution < 1.29 is 4.79 Å². The average Bonchev–Trinajstić information content (AvgIpc) is 2.98. The second kappa shape index (κ2) is 6.04. The molecule has 3 rings (SSSR count). The molecule has 0 atom stereocenters. The van der Waals surface area contributed by atoms with Crippen LogP contribution in [0, 0.1) is 13.8 Å². The zero-order valence-corrected chi connectivity index (χ0v) is 14.5. The van der Waals surface area contributed by atoms with E-state index in [0.29, 0.717) is 22.2 Å². The summed E-state index contributed by atoms with van der Waals surface area (Å²) < 4.78 is 3.17. The van der Waals surface area contributed by atoms with Crippen molar-refractivity contribution >= 4 is 23.3 Å². The van der Waals surface area contributed by atoms with E-state index in [-0.39, 0.29) is 11.6 Å². The number of anilines is 1. The Kier molecular flexibility index (Phi) is 4.06. The molecule has 1 N–H and O–H groups in total. The summed E-state index contributed by atoms with van der Waals surface area (Å²) in [7, 11) is 3.50. The van der Waals surface area contributed by atoms with Crippen LogP contribution in [0.2, 0.25) is 5.02 Å². The first-order valence-electron chi connectivity index (χ1n) is 7.20. The van der Waals surface area contributed by atoms with Crippen LogP contribution in [0.5, 0.6) is 0 Å². The summed E-state index contributed by atoms with van der Waals surface area (Å²) in [5.74, 6) is -0.0564. The number of carbonyl (C=O) groups is 1. The van der Waals surface area contributed by atoms with Gasteiger partial charge in [0.2, 0.25) is 0 Å². The summed E-state index contributed by atoms with van der Waals surface area (Å²) >= 11 is 6.11. The van der Waals surface area contributed by atoms with E-state index in [0.717, 1.165) is 11.4 Å². The predicted octanol–water partition coefficient (Wildman–Crippen LogP) is 2.13. The van der Waals surface area contributed by atoms with Crippen molar-refractivity contribution in [2.24, 2.45) is 14.1 Å². The number of carbonyl (C=O) groups excluding carboxylic acids is 1. The van der Waals surface area contributed by atoms with Crippen LogP contribution < -0.4 is 5.32 Å². The van der Waals surface area contributed by atoms with Crippen molar-refractivity contribution in [2.45, 2.75) is 13.8 Å². The first-order valence-corrected chi connectivity index (χ1v) is 7.58. The largest absolute Gasteiger partial charge is 0.304 e. The summed E-state index contributed by atoms with van der Waals surface area (Å²) in [5.41, 5.74) is 3.29. The SMILES string of the molecule is Cc1cc(-c2cnc(NC(=O)c3c(Cl)c(C)nn3C)cn2)n(C)n1. The standard InChI is InChI=1S/C15H16ClN7O/c1-8-5-11(22(3)20-8)10-6-18-12(7-17-10)19-15(24)14-13(16)9(2)21-23(14)4/h5-7H,1-4H3,(H,18,19,24). The summed E-state index contributed by atoms with van der Waals surface area (Å²) in [5, 5.41) is 11.4. The number of hydrogen-bond donors (Lipinski definition) is 1. The van der Waals surface area contributed by atoms with E-state index in [1.54, 1.807) is 24.9 Å². The van der Waals surface area contributed by atoms with Gasteiger partial charge in [-0.05, 0) is 19.9 Å². The molecular formula is C15H16ClN7O. The van der Waals surface area contributed by atoms with Crippen LogP contribution in [0.4, 0.5) is 5.82 Å². The molecule has 1 amide bonds. The van der Waals surface area contributed by atoms with Gasteiger partial charge in [-0.2, -0.15) is 10.2 Å².